The van der Waals surface area contributed by atoms with Crippen LogP contribution >= 0.6 is 0 Å². The van der Waals surface area contributed by atoms with Crippen molar-refractivity contribution < 1.29 is 19.5 Å². The van der Waals surface area contributed by atoms with E-state index < -0.39 is 29.4 Å². The molecule has 0 aromatic rings. The second kappa shape index (κ2) is 4.51. The first-order valence-electron chi connectivity index (χ1n) is 6.37. The first kappa shape index (κ1) is 16.0. The van der Waals surface area contributed by atoms with Crippen LogP contribution in [0.4, 0.5) is 0 Å². The van der Waals surface area contributed by atoms with Crippen LogP contribution in [0.25, 0.3) is 0 Å². The number of hydrogen-bond donors (Lipinski definition) is 2. The van der Waals surface area contributed by atoms with Crippen LogP contribution in [-0.2, 0) is 9.31 Å². The molecule has 0 aromatic carbocycles. The largest absolute Gasteiger partial charge is 0.411 e. The molecule has 2 unspecified atom stereocenters. The standard InChI is InChI=1S/C12H24B2O4/c1-9(2,15)11(5,16)7-8-12(6)10(3,4)17-14(13)18-12/h15-16H,7-8H2,1-6H3. The van der Waals surface area contributed by atoms with E-state index >= 15 is 0 Å². The topological polar surface area (TPSA) is 58.9 Å². The van der Waals surface area contributed by atoms with Gasteiger partial charge in [0, 0.05) is 0 Å². The van der Waals surface area contributed by atoms with Gasteiger partial charge >= 0.3 is 7.01 Å². The minimum absolute atomic E-state index is 0.395. The average Bonchev–Trinajstić information content (AvgIpc) is 2.31. The summed E-state index contributed by atoms with van der Waals surface area (Å²) in [5, 5.41) is 20.2. The highest BCUT2D eigenvalue weighted by atomic mass is 16.7. The van der Waals surface area contributed by atoms with E-state index in [2.05, 4.69) is 0 Å². The molecule has 1 heterocycles. The van der Waals surface area contributed by atoms with E-state index in [0.717, 1.165) is 0 Å². The van der Waals surface area contributed by atoms with Crippen molar-refractivity contribution in [3.05, 3.63) is 0 Å². The summed E-state index contributed by atoms with van der Waals surface area (Å²) in [5.74, 6) is 0. The van der Waals surface area contributed by atoms with Gasteiger partial charge < -0.3 is 19.5 Å². The van der Waals surface area contributed by atoms with Crippen molar-refractivity contribution >= 4 is 14.7 Å². The fourth-order valence-corrected chi connectivity index (χ4v) is 1.99. The number of rotatable bonds is 4. The molecule has 1 aliphatic heterocycles. The molecule has 1 saturated heterocycles. The van der Waals surface area contributed by atoms with E-state index in [1.165, 1.54) is 0 Å². The zero-order valence-electron chi connectivity index (χ0n) is 12.3. The maximum absolute atomic E-state index is 10.3. The van der Waals surface area contributed by atoms with Gasteiger partial charge in [0.1, 0.15) is 7.74 Å². The molecule has 1 aliphatic rings. The van der Waals surface area contributed by atoms with Crippen molar-refractivity contribution in [3.63, 3.8) is 0 Å². The molecule has 0 aromatic heterocycles. The monoisotopic (exact) mass is 254 g/mol. The molecule has 0 amide bonds. The lowest BCUT2D eigenvalue weighted by molar-refractivity contribution is -0.134. The van der Waals surface area contributed by atoms with Gasteiger partial charge in [-0.25, -0.2) is 0 Å². The summed E-state index contributed by atoms with van der Waals surface area (Å²) in [4.78, 5) is 0. The summed E-state index contributed by atoms with van der Waals surface area (Å²) in [7, 11) is 4.92. The fraction of sp³-hybridized carbons (Fsp3) is 1.00. The number of hydrogen-bond acceptors (Lipinski definition) is 4. The molecular formula is C12H24B2O4. The van der Waals surface area contributed by atoms with Crippen LogP contribution in [0.1, 0.15) is 54.4 Å². The molecule has 0 bridgehead atoms. The second-order valence-corrected chi connectivity index (χ2v) is 6.68. The van der Waals surface area contributed by atoms with E-state index in [-0.39, 0.29) is 0 Å². The quantitative estimate of drug-likeness (QED) is 0.735. The molecule has 4 nitrogen and oxygen atoms in total. The molecule has 6 heteroatoms. The third kappa shape index (κ3) is 2.93. The van der Waals surface area contributed by atoms with Crippen molar-refractivity contribution in [1.29, 1.82) is 0 Å². The van der Waals surface area contributed by atoms with Gasteiger partial charge in [0.25, 0.3) is 0 Å². The van der Waals surface area contributed by atoms with E-state index in [1.807, 2.05) is 20.8 Å². The second-order valence-electron chi connectivity index (χ2n) is 6.68. The Hall–Kier alpha value is -0.0301. The van der Waals surface area contributed by atoms with Crippen LogP contribution in [0.2, 0.25) is 0 Å². The lowest BCUT2D eigenvalue weighted by Gasteiger charge is -2.41. The third-order valence-corrected chi connectivity index (χ3v) is 4.47. The van der Waals surface area contributed by atoms with Crippen molar-refractivity contribution in [3.8, 4) is 0 Å². The summed E-state index contributed by atoms with van der Waals surface area (Å²) in [6.07, 6.45) is 0.942. The summed E-state index contributed by atoms with van der Waals surface area (Å²) in [6.45, 7) is 10.6. The lowest BCUT2D eigenvalue weighted by atomic mass is 9.63. The smallest absolute Gasteiger partial charge is 0.388 e. The Morgan fingerprint density at radius 3 is 1.94 bits per heavy atom. The summed E-state index contributed by atoms with van der Waals surface area (Å²) in [5.41, 5.74) is -3.47. The van der Waals surface area contributed by atoms with Gasteiger partial charge in [0.2, 0.25) is 0 Å². The van der Waals surface area contributed by atoms with Gasteiger partial charge in [-0.15, -0.1) is 0 Å². The highest BCUT2D eigenvalue weighted by Crippen LogP contribution is 2.41. The Balaban J connectivity index is 2.74. The lowest BCUT2D eigenvalue weighted by Crippen LogP contribution is -2.51. The van der Waals surface area contributed by atoms with Gasteiger partial charge in [-0.1, -0.05) is 0 Å². The van der Waals surface area contributed by atoms with Crippen LogP contribution in [0.5, 0.6) is 0 Å². The fourth-order valence-electron chi connectivity index (χ4n) is 1.99. The Kier molecular flexibility index (Phi) is 4.02. The Labute approximate surface area is 112 Å². The molecule has 2 radical (unpaired) electrons. The van der Waals surface area contributed by atoms with Crippen molar-refractivity contribution in [2.75, 3.05) is 0 Å². The van der Waals surface area contributed by atoms with Crippen LogP contribution in [0.3, 0.4) is 0 Å². The zero-order chi connectivity index (χ0) is 14.4. The normalized spacial score (nSPS) is 31.4. The Bertz CT molecular complexity index is 312. The maximum atomic E-state index is 10.3. The van der Waals surface area contributed by atoms with Gasteiger partial charge in [-0.05, 0) is 54.4 Å². The minimum Gasteiger partial charge on any atom is -0.411 e. The highest BCUT2D eigenvalue weighted by Gasteiger charge is 2.52. The van der Waals surface area contributed by atoms with Crippen molar-refractivity contribution in [2.24, 2.45) is 0 Å². The van der Waals surface area contributed by atoms with Crippen LogP contribution in [0.15, 0.2) is 0 Å². The summed E-state index contributed by atoms with van der Waals surface area (Å²) in [6, 6.07) is 0. The predicted octanol–water partition coefficient (Wildman–Crippen LogP) is 1.03. The molecule has 1 fully saturated rings. The molecule has 0 saturated carbocycles. The van der Waals surface area contributed by atoms with Gasteiger partial charge in [-0.3, -0.25) is 0 Å². The Morgan fingerprint density at radius 2 is 1.61 bits per heavy atom. The van der Waals surface area contributed by atoms with Gasteiger partial charge in [-0.2, -0.15) is 0 Å². The zero-order valence-corrected chi connectivity index (χ0v) is 12.3. The van der Waals surface area contributed by atoms with Gasteiger partial charge in [0.15, 0.2) is 0 Å². The minimum atomic E-state index is -1.19. The van der Waals surface area contributed by atoms with Crippen molar-refractivity contribution in [1.82, 2.24) is 0 Å². The van der Waals surface area contributed by atoms with Crippen LogP contribution in [-0.4, -0.2) is 47.4 Å². The van der Waals surface area contributed by atoms with E-state index in [0.29, 0.717) is 12.8 Å². The first-order valence-corrected chi connectivity index (χ1v) is 6.37. The molecule has 2 atom stereocenters. The maximum Gasteiger partial charge on any atom is 0.388 e. The van der Waals surface area contributed by atoms with Crippen LogP contribution in [0, 0.1) is 0 Å². The van der Waals surface area contributed by atoms with Crippen molar-refractivity contribution in [2.45, 2.75) is 76.8 Å². The SMILES string of the molecule is [B]B1OC(C)(C)C(C)(CCC(C)(O)C(C)(C)O)O1. The van der Waals surface area contributed by atoms with Gasteiger partial charge in [0.05, 0.1) is 22.4 Å². The number of aliphatic hydroxyl groups is 2. The molecule has 102 valence electrons. The molecule has 1 rings (SSSR count). The molecular weight excluding hydrogens is 230 g/mol. The van der Waals surface area contributed by atoms with Crippen LogP contribution < -0.4 is 0 Å². The third-order valence-electron chi connectivity index (χ3n) is 4.47. The molecule has 0 aliphatic carbocycles. The molecule has 18 heavy (non-hydrogen) atoms. The predicted molar refractivity (Wildman–Crippen MR) is 72.3 cm³/mol. The molecule has 0 spiro atoms. The summed E-state index contributed by atoms with van der Waals surface area (Å²) < 4.78 is 11.2. The Morgan fingerprint density at radius 1 is 1.11 bits per heavy atom. The molecule has 2 N–H and O–H groups in total. The highest BCUT2D eigenvalue weighted by molar-refractivity contribution is 6.95. The first-order chi connectivity index (χ1) is 7.81. The van der Waals surface area contributed by atoms with E-state index in [9.17, 15) is 10.2 Å². The summed E-state index contributed by atoms with van der Waals surface area (Å²) >= 11 is 0. The average molecular weight is 254 g/mol. The van der Waals surface area contributed by atoms with E-state index in [4.69, 9.17) is 17.0 Å². The van der Waals surface area contributed by atoms with E-state index in [1.54, 1.807) is 20.8 Å².